The van der Waals surface area contributed by atoms with Gasteiger partial charge in [-0.2, -0.15) is 0 Å². The van der Waals surface area contributed by atoms with Gasteiger partial charge in [-0.3, -0.25) is 9.36 Å². The second-order valence-electron chi connectivity index (χ2n) is 6.76. The van der Waals surface area contributed by atoms with Crippen LogP contribution in [0.2, 0.25) is 0 Å². The highest BCUT2D eigenvalue weighted by Gasteiger charge is 2.30. The summed E-state index contributed by atoms with van der Waals surface area (Å²) in [5.41, 5.74) is 2.17. The van der Waals surface area contributed by atoms with E-state index in [1.54, 1.807) is 17.5 Å². The van der Waals surface area contributed by atoms with Gasteiger partial charge in [-0.25, -0.2) is 4.98 Å². The van der Waals surface area contributed by atoms with Crippen LogP contribution < -0.4 is 4.90 Å². The Balaban J connectivity index is 1.74. The van der Waals surface area contributed by atoms with Gasteiger partial charge in [-0.1, -0.05) is 48.5 Å². The van der Waals surface area contributed by atoms with Crippen molar-refractivity contribution >= 4 is 22.8 Å². The van der Waals surface area contributed by atoms with Crippen LogP contribution in [0.1, 0.15) is 23.1 Å². The molecule has 0 bridgehead atoms. The van der Waals surface area contributed by atoms with E-state index in [1.165, 1.54) is 0 Å². The second-order valence-corrected chi connectivity index (χ2v) is 7.69. The van der Waals surface area contributed by atoms with E-state index in [1.807, 2.05) is 64.7 Å². The number of ketones is 1. The maximum absolute atomic E-state index is 13.8. The highest BCUT2D eigenvalue weighted by atomic mass is 32.1. The van der Waals surface area contributed by atoms with Crippen LogP contribution in [0.25, 0.3) is 5.00 Å². The molecule has 29 heavy (non-hydrogen) atoms. The molecule has 0 aliphatic carbocycles. The van der Waals surface area contributed by atoms with Crippen LogP contribution >= 0.6 is 11.3 Å². The van der Waals surface area contributed by atoms with E-state index < -0.39 is 0 Å². The molecule has 4 aromatic rings. The van der Waals surface area contributed by atoms with Crippen LogP contribution in [0.3, 0.4) is 0 Å². The second kappa shape index (κ2) is 8.88. The molecule has 0 N–H and O–H groups in total. The summed E-state index contributed by atoms with van der Waals surface area (Å²) in [6.45, 7) is 2.82. The van der Waals surface area contributed by atoms with E-state index in [-0.39, 0.29) is 11.8 Å². The lowest BCUT2D eigenvalue weighted by atomic mass is 9.99. The van der Waals surface area contributed by atoms with E-state index in [2.05, 4.69) is 41.1 Å². The van der Waals surface area contributed by atoms with Crippen LogP contribution in [-0.2, 0) is 6.42 Å². The summed E-state index contributed by atoms with van der Waals surface area (Å²) in [6, 6.07) is 24.0. The SMILES string of the molecule is CCN(c1ccccc1)[C@@H](Cc1ccccc1)C(=O)c1nccn1-c1cccs1. The molecule has 0 saturated carbocycles. The third-order valence-electron chi connectivity index (χ3n) is 4.98. The highest BCUT2D eigenvalue weighted by molar-refractivity contribution is 7.12. The van der Waals surface area contributed by atoms with Gasteiger partial charge >= 0.3 is 0 Å². The van der Waals surface area contributed by atoms with Gasteiger partial charge in [0.15, 0.2) is 5.82 Å². The lowest BCUT2D eigenvalue weighted by Crippen LogP contribution is -2.44. The minimum absolute atomic E-state index is 0.0259. The molecule has 0 aliphatic rings. The number of hydrogen-bond acceptors (Lipinski definition) is 4. The average molecular weight is 402 g/mol. The molecule has 2 aromatic carbocycles. The zero-order valence-electron chi connectivity index (χ0n) is 16.3. The zero-order valence-corrected chi connectivity index (χ0v) is 17.1. The average Bonchev–Trinajstić information content (AvgIpc) is 3.46. The van der Waals surface area contributed by atoms with E-state index in [0.717, 1.165) is 22.8 Å². The van der Waals surface area contributed by atoms with Gasteiger partial charge < -0.3 is 4.90 Å². The molecule has 0 unspecified atom stereocenters. The Morgan fingerprint density at radius 1 is 1.03 bits per heavy atom. The van der Waals surface area contributed by atoms with Gasteiger partial charge in [0.05, 0.1) is 6.04 Å². The largest absolute Gasteiger partial charge is 0.361 e. The molecule has 5 heteroatoms. The minimum Gasteiger partial charge on any atom is -0.361 e. The van der Waals surface area contributed by atoms with Crippen molar-refractivity contribution in [3.8, 4) is 5.00 Å². The normalized spacial score (nSPS) is 11.9. The zero-order chi connectivity index (χ0) is 20.1. The number of benzene rings is 2. The molecule has 0 fully saturated rings. The molecule has 2 heterocycles. The molecule has 146 valence electrons. The summed E-state index contributed by atoms with van der Waals surface area (Å²) in [5, 5.41) is 3.00. The van der Waals surface area contributed by atoms with Crippen molar-refractivity contribution in [3.63, 3.8) is 0 Å². The molecular formula is C24H23N3OS. The number of Topliss-reactive ketones (excluding diaryl/α,β-unsaturated/α-hetero) is 1. The Morgan fingerprint density at radius 2 is 1.76 bits per heavy atom. The Labute approximate surface area is 175 Å². The van der Waals surface area contributed by atoms with E-state index in [4.69, 9.17) is 0 Å². The molecule has 4 nitrogen and oxygen atoms in total. The quantitative estimate of drug-likeness (QED) is 0.378. The Bertz CT molecular complexity index is 1040. The number of thiophene rings is 1. The predicted molar refractivity (Wildman–Crippen MR) is 119 cm³/mol. The standard InChI is InChI=1S/C24H23N3OS/c1-2-26(20-12-7-4-8-13-20)21(18-19-10-5-3-6-11-19)23(28)24-25-15-16-27(24)22-14-9-17-29-22/h3-17,21H,2,18H2,1H3/t21-/m0/s1. The molecule has 0 aliphatic heterocycles. The summed E-state index contributed by atoms with van der Waals surface area (Å²) in [6.07, 6.45) is 4.18. The van der Waals surface area contributed by atoms with Crippen molar-refractivity contribution < 1.29 is 4.79 Å². The number of carbonyl (C=O) groups excluding carboxylic acids is 1. The van der Waals surface area contributed by atoms with Gasteiger partial charge in [0.2, 0.25) is 5.78 Å². The van der Waals surface area contributed by atoms with Crippen molar-refractivity contribution in [1.82, 2.24) is 9.55 Å². The van der Waals surface area contributed by atoms with Gasteiger partial charge in [0.1, 0.15) is 5.00 Å². The van der Waals surface area contributed by atoms with E-state index >= 15 is 0 Å². The van der Waals surface area contributed by atoms with Gasteiger partial charge in [0, 0.05) is 31.0 Å². The number of imidazole rings is 1. The van der Waals surface area contributed by atoms with Crippen molar-refractivity contribution in [2.75, 3.05) is 11.4 Å². The van der Waals surface area contributed by atoms with E-state index in [9.17, 15) is 4.79 Å². The maximum atomic E-state index is 13.8. The fraction of sp³-hybridized carbons (Fsp3) is 0.167. The Kier molecular flexibility index (Phi) is 5.86. The van der Waals surface area contributed by atoms with Crippen molar-refractivity contribution in [2.24, 2.45) is 0 Å². The first-order chi connectivity index (χ1) is 14.3. The molecule has 0 saturated heterocycles. The summed E-state index contributed by atoms with van der Waals surface area (Å²) in [7, 11) is 0. The predicted octanol–water partition coefficient (Wildman–Crippen LogP) is 5.25. The fourth-order valence-corrected chi connectivity index (χ4v) is 4.32. The number of para-hydroxylation sites is 1. The number of carbonyl (C=O) groups is 1. The van der Waals surface area contributed by atoms with Gasteiger partial charge in [0.25, 0.3) is 0 Å². The van der Waals surface area contributed by atoms with Crippen LogP contribution in [0.15, 0.2) is 90.6 Å². The third kappa shape index (κ3) is 4.15. The molecule has 4 rings (SSSR count). The molecule has 1 atom stereocenters. The number of nitrogens with zero attached hydrogens (tertiary/aromatic N) is 3. The number of rotatable bonds is 8. The monoisotopic (exact) mass is 401 g/mol. The van der Waals surface area contributed by atoms with Gasteiger partial charge in [-0.05, 0) is 42.1 Å². The summed E-state index contributed by atoms with van der Waals surface area (Å²) in [4.78, 5) is 20.4. The highest BCUT2D eigenvalue weighted by Crippen LogP contribution is 2.24. The summed E-state index contributed by atoms with van der Waals surface area (Å²) >= 11 is 1.60. The van der Waals surface area contributed by atoms with Gasteiger partial charge in [-0.15, -0.1) is 11.3 Å². The Morgan fingerprint density at radius 3 is 2.41 bits per heavy atom. The fourth-order valence-electron chi connectivity index (χ4n) is 3.60. The first-order valence-corrected chi connectivity index (χ1v) is 10.6. The first kappa shape index (κ1) is 19.2. The van der Waals surface area contributed by atoms with Crippen LogP contribution in [-0.4, -0.2) is 27.9 Å². The lowest BCUT2D eigenvalue weighted by Gasteiger charge is -2.32. The molecule has 0 radical (unpaired) electrons. The van der Waals surface area contributed by atoms with Crippen LogP contribution in [0.4, 0.5) is 5.69 Å². The first-order valence-electron chi connectivity index (χ1n) is 9.75. The molecular weight excluding hydrogens is 378 g/mol. The third-order valence-corrected chi connectivity index (χ3v) is 5.85. The van der Waals surface area contributed by atoms with Crippen molar-refractivity contribution in [1.29, 1.82) is 0 Å². The van der Waals surface area contributed by atoms with Crippen molar-refractivity contribution in [2.45, 2.75) is 19.4 Å². The summed E-state index contributed by atoms with van der Waals surface area (Å²) < 4.78 is 1.89. The smallest absolute Gasteiger partial charge is 0.221 e. The number of aromatic nitrogens is 2. The minimum atomic E-state index is -0.342. The lowest BCUT2D eigenvalue weighted by molar-refractivity contribution is 0.0945. The topological polar surface area (TPSA) is 38.1 Å². The van der Waals surface area contributed by atoms with Crippen LogP contribution in [0, 0.1) is 0 Å². The number of likely N-dealkylation sites (N-methyl/N-ethyl adjacent to an activating group) is 1. The van der Waals surface area contributed by atoms with Crippen molar-refractivity contribution in [3.05, 3.63) is 102 Å². The molecule has 0 spiro atoms. The Hall–Kier alpha value is -3.18. The molecule has 2 aromatic heterocycles. The summed E-state index contributed by atoms with van der Waals surface area (Å²) in [5.74, 6) is 0.501. The number of anilines is 1. The maximum Gasteiger partial charge on any atom is 0.221 e. The van der Waals surface area contributed by atoms with E-state index in [0.29, 0.717) is 12.2 Å². The molecule has 0 amide bonds. The number of hydrogen-bond donors (Lipinski definition) is 0. The van der Waals surface area contributed by atoms with Crippen LogP contribution in [0.5, 0.6) is 0 Å².